The second-order valence-corrected chi connectivity index (χ2v) is 9.09. The highest BCUT2D eigenvalue weighted by atomic mass is 35.5. The number of benzene rings is 1. The van der Waals surface area contributed by atoms with E-state index in [0.717, 1.165) is 43.5 Å². The number of hydrazone groups is 1. The molecule has 1 N–H and O–H groups in total. The van der Waals surface area contributed by atoms with Crippen LogP contribution in [0.15, 0.2) is 29.4 Å². The molecule has 31 heavy (non-hydrogen) atoms. The molecule has 166 valence electrons. The summed E-state index contributed by atoms with van der Waals surface area (Å²) in [6.07, 6.45) is 11.6. The second-order valence-electron chi connectivity index (χ2n) is 8.25. The minimum Gasteiger partial charge on any atom is -0.356 e. The van der Waals surface area contributed by atoms with Gasteiger partial charge in [0.05, 0.1) is 11.2 Å². The van der Waals surface area contributed by atoms with E-state index in [1.807, 2.05) is 12.1 Å². The SMILES string of the molecule is Clc1ccc(C=NNc2cc(N3CCCCCC3)nc(N3CCCCCC3)n2)c(Cl)c1. The third-order valence-corrected chi connectivity index (χ3v) is 6.43. The predicted molar refractivity (Wildman–Crippen MR) is 131 cm³/mol. The van der Waals surface area contributed by atoms with Gasteiger partial charge in [-0.2, -0.15) is 15.1 Å². The third-order valence-electron chi connectivity index (χ3n) is 5.87. The zero-order valence-corrected chi connectivity index (χ0v) is 19.4. The summed E-state index contributed by atoms with van der Waals surface area (Å²) >= 11 is 12.2. The van der Waals surface area contributed by atoms with Crippen LogP contribution in [-0.4, -0.2) is 42.4 Å². The molecule has 6 nitrogen and oxygen atoms in total. The fourth-order valence-electron chi connectivity index (χ4n) is 4.13. The highest BCUT2D eigenvalue weighted by Crippen LogP contribution is 2.25. The van der Waals surface area contributed by atoms with Crippen molar-refractivity contribution < 1.29 is 0 Å². The van der Waals surface area contributed by atoms with Crippen LogP contribution >= 0.6 is 23.2 Å². The first-order valence-corrected chi connectivity index (χ1v) is 12.1. The van der Waals surface area contributed by atoms with Crippen molar-refractivity contribution in [3.05, 3.63) is 39.9 Å². The Morgan fingerprint density at radius 3 is 2.10 bits per heavy atom. The van der Waals surface area contributed by atoms with Crippen LogP contribution in [0.4, 0.5) is 17.6 Å². The highest BCUT2D eigenvalue weighted by Gasteiger charge is 2.18. The van der Waals surface area contributed by atoms with E-state index >= 15 is 0 Å². The van der Waals surface area contributed by atoms with Crippen LogP contribution in [-0.2, 0) is 0 Å². The van der Waals surface area contributed by atoms with Crippen LogP contribution in [0, 0.1) is 0 Å². The van der Waals surface area contributed by atoms with Gasteiger partial charge in [0, 0.05) is 42.8 Å². The molecule has 1 aromatic carbocycles. The number of aromatic nitrogens is 2. The minimum absolute atomic E-state index is 0.566. The summed E-state index contributed by atoms with van der Waals surface area (Å²) < 4.78 is 0. The van der Waals surface area contributed by atoms with Crippen molar-refractivity contribution in [2.24, 2.45) is 5.10 Å². The lowest BCUT2D eigenvalue weighted by atomic mass is 10.2. The molecule has 0 saturated carbocycles. The molecular weight excluding hydrogens is 431 g/mol. The molecular formula is C23H30Cl2N6. The summed E-state index contributed by atoms with van der Waals surface area (Å²) in [5, 5.41) is 5.55. The molecule has 8 heteroatoms. The lowest BCUT2D eigenvalue weighted by Crippen LogP contribution is -2.29. The van der Waals surface area contributed by atoms with Gasteiger partial charge in [0.2, 0.25) is 5.95 Å². The average molecular weight is 461 g/mol. The predicted octanol–water partition coefficient (Wildman–Crippen LogP) is 5.99. The number of nitrogens with zero attached hydrogens (tertiary/aromatic N) is 5. The van der Waals surface area contributed by atoms with Gasteiger partial charge >= 0.3 is 0 Å². The summed E-state index contributed by atoms with van der Waals surface area (Å²) in [4.78, 5) is 14.5. The van der Waals surface area contributed by atoms with Crippen LogP contribution in [0.25, 0.3) is 0 Å². The van der Waals surface area contributed by atoms with E-state index in [1.54, 1.807) is 18.3 Å². The molecule has 0 amide bonds. The fraction of sp³-hybridized carbons (Fsp3) is 0.522. The first kappa shape index (κ1) is 22.2. The quantitative estimate of drug-likeness (QED) is 0.438. The largest absolute Gasteiger partial charge is 0.356 e. The highest BCUT2D eigenvalue weighted by molar-refractivity contribution is 6.36. The molecule has 0 spiro atoms. The first-order valence-electron chi connectivity index (χ1n) is 11.3. The molecule has 0 unspecified atom stereocenters. The van der Waals surface area contributed by atoms with Crippen LogP contribution in [0.2, 0.25) is 10.0 Å². The summed E-state index contributed by atoms with van der Waals surface area (Å²) in [7, 11) is 0. The summed E-state index contributed by atoms with van der Waals surface area (Å²) in [6.45, 7) is 4.10. The second kappa shape index (κ2) is 11.0. The Hall–Kier alpha value is -2.05. The maximum absolute atomic E-state index is 6.25. The monoisotopic (exact) mass is 460 g/mol. The van der Waals surface area contributed by atoms with Gasteiger partial charge in [-0.05, 0) is 37.8 Å². The van der Waals surface area contributed by atoms with Gasteiger partial charge in [-0.1, -0.05) is 55.0 Å². The Kier molecular flexibility index (Phi) is 7.86. The van der Waals surface area contributed by atoms with Gasteiger partial charge < -0.3 is 9.80 Å². The van der Waals surface area contributed by atoms with Gasteiger partial charge in [0.15, 0.2) is 5.82 Å². The first-order chi connectivity index (χ1) is 15.2. The molecule has 2 aromatic rings. The van der Waals surface area contributed by atoms with Crippen molar-refractivity contribution in [2.75, 3.05) is 41.4 Å². The lowest BCUT2D eigenvalue weighted by molar-refractivity contribution is 0.726. The summed E-state index contributed by atoms with van der Waals surface area (Å²) in [5.74, 6) is 2.49. The van der Waals surface area contributed by atoms with Crippen molar-refractivity contribution >= 4 is 47.0 Å². The molecule has 2 saturated heterocycles. The Labute approximate surface area is 194 Å². The van der Waals surface area contributed by atoms with Crippen molar-refractivity contribution in [1.29, 1.82) is 0 Å². The van der Waals surface area contributed by atoms with Crippen LogP contribution in [0.3, 0.4) is 0 Å². The molecule has 2 aliphatic rings. The summed E-state index contributed by atoms with van der Waals surface area (Å²) in [5.41, 5.74) is 3.90. The topological polar surface area (TPSA) is 56.7 Å². The van der Waals surface area contributed by atoms with Crippen LogP contribution in [0.1, 0.15) is 56.9 Å². The standard InChI is InChI=1S/C23H30Cl2N6/c24-19-10-9-18(20(25)15-19)17-26-29-21-16-22(30-11-5-1-2-6-12-30)28-23(27-21)31-13-7-3-4-8-14-31/h9-10,15-17H,1-8,11-14H2,(H,27,28,29). The third kappa shape index (κ3) is 6.23. The molecule has 0 atom stereocenters. The Morgan fingerprint density at radius 1 is 0.806 bits per heavy atom. The van der Waals surface area contributed by atoms with E-state index in [2.05, 4.69) is 20.3 Å². The van der Waals surface area contributed by atoms with E-state index in [9.17, 15) is 0 Å². The Balaban J connectivity index is 1.57. The fourth-order valence-corrected chi connectivity index (χ4v) is 4.58. The number of anilines is 3. The van der Waals surface area contributed by atoms with Crippen molar-refractivity contribution in [2.45, 2.75) is 51.4 Å². The van der Waals surface area contributed by atoms with E-state index in [-0.39, 0.29) is 0 Å². The zero-order valence-electron chi connectivity index (χ0n) is 17.9. The molecule has 0 aliphatic carbocycles. The molecule has 0 bridgehead atoms. The van der Waals surface area contributed by atoms with Crippen molar-refractivity contribution in [1.82, 2.24) is 9.97 Å². The Bertz CT molecular complexity index is 849. The Morgan fingerprint density at radius 2 is 1.45 bits per heavy atom. The van der Waals surface area contributed by atoms with Crippen LogP contribution in [0.5, 0.6) is 0 Å². The van der Waals surface area contributed by atoms with Gasteiger partial charge in [-0.25, -0.2) is 0 Å². The number of halogens is 2. The molecule has 2 fully saturated rings. The molecule has 0 radical (unpaired) electrons. The van der Waals surface area contributed by atoms with E-state index in [4.69, 9.17) is 33.2 Å². The molecule has 4 rings (SSSR count). The van der Waals surface area contributed by atoms with E-state index < -0.39 is 0 Å². The zero-order chi connectivity index (χ0) is 21.5. The minimum atomic E-state index is 0.566. The normalized spacial score (nSPS) is 18.1. The number of hydrogen-bond donors (Lipinski definition) is 1. The van der Waals surface area contributed by atoms with E-state index in [1.165, 1.54) is 51.4 Å². The maximum atomic E-state index is 6.25. The van der Waals surface area contributed by atoms with E-state index in [0.29, 0.717) is 15.9 Å². The number of hydrogen-bond acceptors (Lipinski definition) is 6. The van der Waals surface area contributed by atoms with Crippen LogP contribution < -0.4 is 15.2 Å². The maximum Gasteiger partial charge on any atom is 0.229 e. The summed E-state index contributed by atoms with van der Waals surface area (Å²) in [6, 6.07) is 7.37. The van der Waals surface area contributed by atoms with Crippen molar-refractivity contribution in [3.63, 3.8) is 0 Å². The smallest absolute Gasteiger partial charge is 0.229 e. The number of rotatable bonds is 5. The van der Waals surface area contributed by atoms with Crippen molar-refractivity contribution in [3.8, 4) is 0 Å². The molecule has 2 aliphatic heterocycles. The number of nitrogens with one attached hydrogen (secondary N) is 1. The molecule has 3 heterocycles. The lowest BCUT2D eigenvalue weighted by Gasteiger charge is -2.25. The van der Waals surface area contributed by atoms with Gasteiger partial charge in [0.25, 0.3) is 0 Å². The van der Waals surface area contributed by atoms with Gasteiger partial charge in [0.1, 0.15) is 5.82 Å². The van der Waals surface area contributed by atoms with Gasteiger partial charge in [-0.15, -0.1) is 0 Å². The van der Waals surface area contributed by atoms with Gasteiger partial charge in [-0.3, -0.25) is 5.43 Å². The molecule has 1 aromatic heterocycles. The average Bonchev–Trinajstić information content (AvgIpc) is 3.21.